The minimum Gasteiger partial charge on any atom is -0.493 e. The average Bonchev–Trinajstić information content (AvgIpc) is 3.62. The van der Waals surface area contributed by atoms with Crippen LogP contribution in [0.3, 0.4) is 0 Å². The number of hydrogen-bond donors (Lipinski definition) is 1. The fourth-order valence-corrected chi connectivity index (χ4v) is 4.46. The van der Waals surface area contributed by atoms with Crippen LogP contribution in [0.25, 0.3) is 11.1 Å². The molecule has 0 bridgehead atoms. The number of aryl methyl sites for hydroxylation is 1. The number of benzene rings is 3. The Morgan fingerprint density at radius 3 is 2.40 bits per heavy atom. The van der Waals surface area contributed by atoms with Crippen molar-refractivity contribution in [1.29, 1.82) is 0 Å². The highest BCUT2D eigenvalue weighted by molar-refractivity contribution is 5.95. The number of nitrogens with zero attached hydrogens (tertiary/aromatic N) is 1. The van der Waals surface area contributed by atoms with E-state index in [0.717, 1.165) is 29.7 Å². The van der Waals surface area contributed by atoms with E-state index in [-0.39, 0.29) is 5.91 Å². The first-order chi connectivity index (χ1) is 16.9. The Morgan fingerprint density at radius 2 is 1.69 bits per heavy atom. The van der Waals surface area contributed by atoms with Gasteiger partial charge in [0.15, 0.2) is 0 Å². The number of amides is 1. The molecule has 0 radical (unpaired) electrons. The Balaban J connectivity index is 1.51. The molecular weight excluding hydrogens is 434 g/mol. The lowest BCUT2D eigenvalue weighted by Gasteiger charge is -2.29. The van der Waals surface area contributed by atoms with E-state index in [1.54, 1.807) is 4.90 Å². The molecule has 1 fully saturated rings. The predicted octanol–water partition coefficient (Wildman–Crippen LogP) is 7.05. The molecule has 35 heavy (non-hydrogen) atoms. The topological polar surface area (TPSA) is 49.8 Å². The fourth-order valence-electron chi connectivity index (χ4n) is 4.46. The minimum absolute atomic E-state index is 0.157. The number of para-hydroxylation sites is 1. The van der Waals surface area contributed by atoms with E-state index >= 15 is 0 Å². The van der Waals surface area contributed by atoms with Crippen molar-refractivity contribution >= 4 is 5.91 Å². The van der Waals surface area contributed by atoms with Gasteiger partial charge in [0.05, 0.1) is 13.2 Å². The van der Waals surface area contributed by atoms with Gasteiger partial charge in [-0.1, -0.05) is 74.7 Å². The Morgan fingerprint density at radius 1 is 0.943 bits per heavy atom. The van der Waals surface area contributed by atoms with Crippen LogP contribution in [-0.4, -0.2) is 28.2 Å². The van der Waals surface area contributed by atoms with Crippen LogP contribution in [0.4, 0.5) is 0 Å². The van der Waals surface area contributed by atoms with Crippen LogP contribution in [-0.2, 0) is 6.54 Å². The third kappa shape index (κ3) is 5.94. The summed E-state index contributed by atoms with van der Waals surface area (Å²) in [6, 6.07) is 21.9. The molecule has 1 saturated carbocycles. The van der Waals surface area contributed by atoms with Crippen LogP contribution in [0.15, 0.2) is 66.7 Å². The number of carbonyl (C=O) groups is 1. The van der Waals surface area contributed by atoms with Gasteiger partial charge in [0, 0.05) is 11.1 Å². The average molecular weight is 472 g/mol. The second kappa shape index (κ2) is 11.1. The Labute approximate surface area is 209 Å². The van der Waals surface area contributed by atoms with E-state index in [1.165, 1.54) is 29.5 Å². The zero-order valence-corrected chi connectivity index (χ0v) is 21.2. The molecule has 4 nitrogen and oxygen atoms in total. The molecular formula is C31H37NO3. The van der Waals surface area contributed by atoms with E-state index < -0.39 is 5.72 Å². The van der Waals surface area contributed by atoms with E-state index in [9.17, 15) is 9.90 Å². The normalized spacial score (nSPS) is 13.9. The van der Waals surface area contributed by atoms with Crippen LogP contribution in [0, 0.1) is 13.8 Å². The highest BCUT2D eigenvalue weighted by Gasteiger charge is 2.49. The van der Waals surface area contributed by atoms with Gasteiger partial charge in [0.2, 0.25) is 0 Å². The van der Waals surface area contributed by atoms with Gasteiger partial charge >= 0.3 is 0 Å². The van der Waals surface area contributed by atoms with Crippen LogP contribution in [0.2, 0.25) is 0 Å². The summed E-state index contributed by atoms with van der Waals surface area (Å²) in [7, 11) is 0. The number of carbonyl (C=O) groups excluding carboxylic acids is 1. The van der Waals surface area contributed by atoms with Gasteiger partial charge in [0.25, 0.3) is 5.91 Å². The third-order valence-corrected chi connectivity index (χ3v) is 7.05. The maximum absolute atomic E-state index is 13.6. The number of hydrogen-bond acceptors (Lipinski definition) is 3. The van der Waals surface area contributed by atoms with Crippen molar-refractivity contribution in [2.45, 2.75) is 71.6 Å². The fraction of sp³-hybridized carbons (Fsp3) is 0.387. The predicted molar refractivity (Wildman–Crippen MR) is 141 cm³/mol. The summed E-state index contributed by atoms with van der Waals surface area (Å²) in [6.45, 7) is 7.41. The van der Waals surface area contributed by atoms with Crippen molar-refractivity contribution in [3.05, 3.63) is 89.0 Å². The molecule has 0 spiro atoms. The van der Waals surface area contributed by atoms with Crippen LogP contribution in [0.5, 0.6) is 5.75 Å². The minimum atomic E-state index is -1.09. The molecule has 3 aromatic rings. The third-order valence-electron chi connectivity index (χ3n) is 7.05. The molecule has 0 heterocycles. The van der Waals surface area contributed by atoms with Crippen LogP contribution < -0.4 is 4.74 Å². The zero-order chi connectivity index (χ0) is 24.8. The van der Waals surface area contributed by atoms with E-state index in [1.807, 2.05) is 48.5 Å². The monoisotopic (exact) mass is 471 g/mol. The Hall–Kier alpha value is -3.11. The van der Waals surface area contributed by atoms with Gasteiger partial charge in [-0.05, 0) is 73.6 Å². The molecule has 1 N–H and O–H groups in total. The standard InChI is InChI=1S/C31H37NO3/c1-4-5-6-9-21-35-29-14-8-7-12-27(29)22-32(31(34)19-20-31)30(33)26-17-15-25(16-18-26)28-13-10-11-23(2)24(28)3/h7-8,10-18,34H,4-6,9,19-22H2,1-3H3. The molecule has 0 aromatic heterocycles. The first-order valence-electron chi connectivity index (χ1n) is 12.8. The summed E-state index contributed by atoms with van der Waals surface area (Å²) in [5, 5.41) is 11.0. The molecule has 4 rings (SSSR count). The van der Waals surface area contributed by atoms with Gasteiger partial charge in [-0.2, -0.15) is 0 Å². The number of unbranched alkanes of at least 4 members (excludes halogenated alkanes) is 3. The molecule has 3 aromatic carbocycles. The van der Waals surface area contributed by atoms with Crippen molar-refractivity contribution in [2.24, 2.45) is 0 Å². The quantitative estimate of drug-likeness (QED) is 0.241. The van der Waals surface area contributed by atoms with Gasteiger partial charge < -0.3 is 14.7 Å². The molecule has 1 aliphatic carbocycles. The van der Waals surface area contributed by atoms with Gasteiger partial charge in [-0.25, -0.2) is 0 Å². The summed E-state index contributed by atoms with van der Waals surface area (Å²) < 4.78 is 6.07. The molecule has 0 aliphatic heterocycles. The first kappa shape index (κ1) is 25.0. The lowest BCUT2D eigenvalue weighted by molar-refractivity contribution is -0.0150. The van der Waals surface area contributed by atoms with Crippen molar-refractivity contribution in [3.8, 4) is 16.9 Å². The van der Waals surface area contributed by atoms with E-state index in [0.29, 0.717) is 31.6 Å². The van der Waals surface area contributed by atoms with Crippen molar-refractivity contribution in [1.82, 2.24) is 4.90 Å². The van der Waals surface area contributed by atoms with Gasteiger partial charge in [-0.3, -0.25) is 4.79 Å². The molecule has 0 atom stereocenters. The molecule has 1 aliphatic rings. The van der Waals surface area contributed by atoms with Crippen LogP contribution >= 0.6 is 0 Å². The molecule has 1 amide bonds. The van der Waals surface area contributed by atoms with Gasteiger partial charge in [-0.15, -0.1) is 0 Å². The van der Waals surface area contributed by atoms with Gasteiger partial charge in [0.1, 0.15) is 11.5 Å². The maximum atomic E-state index is 13.6. The number of aliphatic hydroxyl groups is 1. The maximum Gasteiger partial charge on any atom is 0.256 e. The summed E-state index contributed by atoms with van der Waals surface area (Å²) >= 11 is 0. The summed E-state index contributed by atoms with van der Waals surface area (Å²) in [5.41, 5.74) is 5.16. The summed E-state index contributed by atoms with van der Waals surface area (Å²) in [6.07, 6.45) is 5.77. The molecule has 4 heteroatoms. The Bertz CT molecular complexity index is 1150. The largest absolute Gasteiger partial charge is 0.493 e. The highest BCUT2D eigenvalue weighted by atomic mass is 16.5. The first-order valence-corrected chi connectivity index (χ1v) is 12.8. The Kier molecular flexibility index (Phi) is 7.92. The summed E-state index contributed by atoms with van der Waals surface area (Å²) in [4.78, 5) is 15.2. The molecule has 184 valence electrons. The van der Waals surface area contributed by atoms with E-state index in [2.05, 4.69) is 39.0 Å². The SMILES string of the molecule is CCCCCCOc1ccccc1CN(C(=O)c1ccc(-c2cccc(C)c2C)cc1)C1(O)CC1. The van der Waals surface area contributed by atoms with Crippen molar-refractivity contribution < 1.29 is 14.6 Å². The highest BCUT2D eigenvalue weighted by Crippen LogP contribution is 2.41. The number of rotatable bonds is 11. The lowest BCUT2D eigenvalue weighted by Crippen LogP contribution is -2.41. The lowest BCUT2D eigenvalue weighted by atomic mass is 9.96. The van der Waals surface area contributed by atoms with Crippen LogP contribution in [0.1, 0.15) is 72.5 Å². The molecule has 0 unspecified atom stereocenters. The van der Waals surface area contributed by atoms with E-state index in [4.69, 9.17) is 4.74 Å². The van der Waals surface area contributed by atoms with Crippen molar-refractivity contribution in [3.63, 3.8) is 0 Å². The van der Waals surface area contributed by atoms with Crippen molar-refractivity contribution in [2.75, 3.05) is 6.61 Å². The zero-order valence-electron chi connectivity index (χ0n) is 21.2. The number of ether oxygens (including phenoxy) is 1. The smallest absolute Gasteiger partial charge is 0.256 e. The summed E-state index contributed by atoms with van der Waals surface area (Å²) in [5.74, 6) is 0.631. The molecule has 0 saturated heterocycles. The second-order valence-corrected chi connectivity index (χ2v) is 9.72. The second-order valence-electron chi connectivity index (χ2n) is 9.72.